The molecule has 1 aromatic heterocycles. The summed E-state index contributed by atoms with van der Waals surface area (Å²) in [4.78, 5) is 2.52. The van der Waals surface area contributed by atoms with Crippen LogP contribution in [0.4, 0.5) is 0 Å². The van der Waals surface area contributed by atoms with E-state index in [0.29, 0.717) is 6.04 Å². The van der Waals surface area contributed by atoms with Crippen molar-refractivity contribution in [3.63, 3.8) is 0 Å². The minimum atomic E-state index is 0.521. The maximum atomic E-state index is 6.11. The van der Waals surface area contributed by atoms with Gasteiger partial charge in [0.05, 0.1) is 15.9 Å². The molecule has 0 saturated carbocycles. The lowest BCUT2D eigenvalue weighted by Gasteiger charge is -2.34. The Hall–Kier alpha value is -0.0600. The van der Waals surface area contributed by atoms with Crippen molar-refractivity contribution in [2.45, 2.75) is 58.7 Å². The maximum Gasteiger partial charge on any atom is 0.0767 e. The van der Waals surface area contributed by atoms with Crippen molar-refractivity contribution in [3.8, 4) is 0 Å². The van der Waals surface area contributed by atoms with Crippen LogP contribution in [0.2, 0.25) is 0 Å². The molecule has 1 unspecified atom stereocenters. The van der Waals surface area contributed by atoms with E-state index in [4.69, 9.17) is 11.6 Å². The molecule has 0 spiro atoms. The van der Waals surface area contributed by atoms with Crippen LogP contribution in [0, 0.1) is 0 Å². The van der Waals surface area contributed by atoms with Crippen molar-refractivity contribution in [1.29, 1.82) is 0 Å². The van der Waals surface area contributed by atoms with Crippen LogP contribution >= 0.6 is 27.5 Å². The van der Waals surface area contributed by atoms with E-state index in [1.54, 1.807) is 0 Å². The predicted octanol–water partition coefficient (Wildman–Crippen LogP) is 3.82. The van der Waals surface area contributed by atoms with E-state index in [1.807, 2.05) is 0 Å². The summed E-state index contributed by atoms with van der Waals surface area (Å²) < 4.78 is 3.32. The Morgan fingerprint density at radius 3 is 2.79 bits per heavy atom. The summed E-state index contributed by atoms with van der Waals surface area (Å²) >= 11 is 9.84. The molecule has 5 heteroatoms. The summed E-state index contributed by atoms with van der Waals surface area (Å²) in [6.07, 6.45) is 4.79. The van der Waals surface area contributed by atoms with Crippen molar-refractivity contribution < 1.29 is 0 Å². The summed E-state index contributed by atoms with van der Waals surface area (Å²) in [6, 6.07) is 0.521. The smallest absolute Gasteiger partial charge is 0.0767 e. The third-order valence-corrected chi connectivity index (χ3v) is 5.25. The number of likely N-dealkylation sites (tertiary alicyclic amines) is 1. The van der Waals surface area contributed by atoms with E-state index in [-0.39, 0.29) is 0 Å². The van der Waals surface area contributed by atoms with Crippen LogP contribution in [0.5, 0.6) is 0 Å². The second-order valence-corrected chi connectivity index (χ2v) is 6.25. The molecule has 108 valence electrons. The molecule has 2 rings (SSSR count). The lowest BCUT2D eigenvalue weighted by Crippen LogP contribution is -2.40. The van der Waals surface area contributed by atoms with Crippen molar-refractivity contribution in [2.24, 2.45) is 0 Å². The molecule has 3 nitrogen and oxygen atoms in total. The van der Waals surface area contributed by atoms with E-state index in [0.717, 1.165) is 37.6 Å². The number of halogens is 2. The van der Waals surface area contributed by atoms with E-state index in [2.05, 4.69) is 44.5 Å². The zero-order valence-corrected chi connectivity index (χ0v) is 14.2. The van der Waals surface area contributed by atoms with Crippen LogP contribution in [-0.4, -0.2) is 33.1 Å². The van der Waals surface area contributed by atoms with Gasteiger partial charge in [-0.25, -0.2) is 0 Å². The van der Waals surface area contributed by atoms with Gasteiger partial charge in [0.2, 0.25) is 0 Å². The van der Waals surface area contributed by atoms with Gasteiger partial charge in [-0.3, -0.25) is 9.58 Å². The molecule has 0 bridgehead atoms. The summed E-state index contributed by atoms with van der Waals surface area (Å²) in [5.74, 6) is 0.735. The topological polar surface area (TPSA) is 21.1 Å². The number of aryl methyl sites for hydroxylation is 2. The lowest BCUT2D eigenvalue weighted by atomic mass is 10.0. The number of hydrogen-bond donors (Lipinski definition) is 0. The van der Waals surface area contributed by atoms with Gasteiger partial charge in [0.1, 0.15) is 0 Å². The van der Waals surface area contributed by atoms with Gasteiger partial charge in [-0.2, -0.15) is 5.10 Å². The molecule has 0 N–H and O–H groups in total. The monoisotopic (exact) mass is 347 g/mol. The third-order valence-electron chi connectivity index (χ3n) is 3.97. The quantitative estimate of drug-likeness (QED) is 0.754. The molecule has 1 atom stereocenters. The van der Waals surface area contributed by atoms with Crippen LogP contribution in [0.3, 0.4) is 0 Å². The molecule has 0 radical (unpaired) electrons. The van der Waals surface area contributed by atoms with Crippen molar-refractivity contribution in [2.75, 3.05) is 12.4 Å². The van der Waals surface area contributed by atoms with Gasteiger partial charge >= 0.3 is 0 Å². The Balaban J connectivity index is 2.19. The third kappa shape index (κ3) is 3.34. The Bertz CT molecular complexity index is 419. The Kier molecular flexibility index (Phi) is 5.72. The van der Waals surface area contributed by atoms with Gasteiger partial charge in [0.25, 0.3) is 0 Å². The molecule has 1 saturated heterocycles. The van der Waals surface area contributed by atoms with E-state index in [9.17, 15) is 0 Å². The molecule has 1 aliphatic rings. The highest BCUT2D eigenvalue weighted by Gasteiger charge is 2.24. The van der Waals surface area contributed by atoms with Crippen LogP contribution < -0.4 is 0 Å². The van der Waals surface area contributed by atoms with Crippen LogP contribution in [0.25, 0.3) is 0 Å². The highest BCUT2D eigenvalue weighted by Crippen LogP contribution is 2.27. The SMILES string of the molecule is CCc1nn(CC)c(CN2CCCCC2CCl)c1Br. The van der Waals surface area contributed by atoms with E-state index >= 15 is 0 Å². The molecule has 1 fully saturated rings. The van der Waals surface area contributed by atoms with Crippen molar-refractivity contribution in [1.82, 2.24) is 14.7 Å². The van der Waals surface area contributed by atoms with Crippen LogP contribution in [0.15, 0.2) is 4.47 Å². The number of piperidine rings is 1. The number of alkyl halides is 1. The minimum absolute atomic E-state index is 0.521. The summed E-state index contributed by atoms with van der Waals surface area (Å²) in [7, 11) is 0. The van der Waals surface area contributed by atoms with Gasteiger partial charge in [0, 0.05) is 25.0 Å². The maximum absolute atomic E-state index is 6.11. The largest absolute Gasteiger partial charge is 0.293 e. The highest BCUT2D eigenvalue weighted by atomic mass is 79.9. The molecule has 0 aliphatic carbocycles. The lowest BCUT2D eigenvalue weighted by molar-refractivity contribution is 0.150. The van der Waals surface area contributed by atoms with Crippen LogP contribution in [-0.2, 0) is 19.5 Å². The Labute approximate surface area is 129 Å². The zero-order valence-electron chi connectivity index (χ0n) is 11.8. The Morgan fingerprint density at radius 2 is 2.16 bits per heavy atom. The summed E-state index contributed by atoms with van der Waals surface area (Å²) in [5.41, 5.74) is 2.47. The first-order valence-corrected chi connectivity index (χ1v) is 8.58. The van der Waals surface area contributed by atoms with Crippen molar-refractivity contribution in [3.05, 3.63) is 15.9 Å². The van der Waals surface area contributed by atoms with Gasteiger partial charge in [-0.1, -0.05) is 13.3 Å². The second kappa shape index (κ2) is 7.09. The number of nitrogens with zero attached hydrogens (tertiary/aromatic N) is 3. The fraction of sp³-hybridized carbons (Fsp3) is 0.786. The average Bonchev–Trinajstić information content (AvgIpc) is 2.76. The average molecular weight is 349 g/mol. The molecular formula is C14H23BrClN3. The first-order valence-electron chi connectivity index (χ1n) is 7.25. The standard InChI is InChI=1S/C14H23BrClN3/c1-3-12-14(15)13(19(4-2)17-12)10-18-8-6-5-7-11(18)9-16/h11H,3-10H2,1-2H3. The summed E-state index contributed by atoms with van der Waals surface area (Å²) in [5, 5.41) is 4.67. The number of aromatic nitrogens is 2. The number of hydrogen-bond acceptors (Lipinski definition) is 2. The fourth-order valence-corrected chi connectivity index (χ4v) is 3.84. The normalized spacial score (nSPS) is 20.9. The van der Waals surface area contributed by atoms with Gasteiger partial charge in [-0.05, 0) is 48.7 Å². The second-order valence-electron chi connectivity index (χ2n) is 5.15. The first-order chi connectivity index (χ1) is 9.21. The van der Waals surface area contributed by atoms with Gasteiger partial charge in [-0.15, -0.1) is 11.6 Å². The number of rotatable bonds is 5. The van der Waals surface area contributed by atoms with E-state index < -0.39 is 0 Å². The van der Waals surface area contributed by atoms with Crippen LogP contribution in [0.1, 0.15) is 44.5 Å². The van der Waals surface area contributed by atoms with Crippen molar-refractivity contribution >= 4 is 27.5 Å². The molecule has 2 heterocycles. The fourth-order valence-electron chi connectivity index (χ4n) is 2.80. The first kappa shape index (κ1) is 15.3. The minimum Gasteiger partial charge on any atom is -0.293 e. The molecular weight excluding hydrogens is 326 g/mol. The molecule has 0 aromatic carbocycles. The van der Waals surface area contributed by atoms with Gasteiger partial charge in [0.15, 0.2) is 0 Å². The predicted molar refractivity (Wildman–Crippen MR) is 83.7 cm³/mol. The molecule has 1 aromatic rings. The molecule has 1 aliphatic heterocycles. The zero-order chi connectivity index (χ0) is 13.8. The highest BCUT2D eigenvalue weighted by molar-refractivity contribution is 9.10. The van der Waals surface area contributed by atoms with Gasteiger partial charge < -0.3 is 0 Å². The Morgan fingerprint density at radius 1 is 1.37 bits per heavy atom. The molecule has 19 heavy (non-hydrogen) atoms. The summed E-state index contributed by atoms with van der Waals surface area (Å²) in [6.45, 7) is 7.34. The van der Waals surface area contributed by atoms with E-state index in [1.165, 1.54) is 29.4 Å². The molecule has 0 amide bonds.